The number of hydrogen-bond acceptors (Lipinski definition) is 5. The molecule has 0 saturated carbocycles. The standard InChI is InChI=1S/C18H19FN2O4S/c1-24-15-8-13(9-16(10-15)25-2)18-11-17(20-21(18)26(3,22)23)12-4-6-14(19)7-5-12/h4-10,18H,11H2,1-3H3/t18-/m0/s1. The van der Waals surface area contributed by atoms with E-state index in [1.165, 1.54) is 26.4 Å². The van der Waals surface area contributed by atoms with Crippen LogP contribution in [-0.4, -0.2) is 39.0 Å². The van der Waals surface area contributed by atoms with Crippen LogP contribution in [0.1, 0.15) is 23.6 Å². The van der Waals surface area contributed by atoms with Gasteiger partial charge in [0.25, 0.3) is 0 Å². The van der Waals surface area contributed by atoms with Gasteiger partial charge < -0.3 is 9.47 Å². The van der Waals surface area contributed by atoms with E-state index in [9.17, 15) is 12.8 Å². The van der Waals surface area contributed by atoms with E-state index >= 15 is 0 Å². The molecule has 0 fully saturated rings. The molecule has 1 atom stereocenters. The molecule has 0 N–H and O–H groups in total. The highest BCUT2D eigenvalue weighted by atomic mass is 32.2. The predicted molar refractivity (Wildman–Crippen MR) is 96.5 cm³/mol. The molecule has 2 aromatic rings. The fourth-order valence-corrected chi connectivity index (χ4v) is 3.79. The van der Waals surface area contributed by atoms with E-state index in [0.717, 1.165) is 10.7 Å². The van der Waals surface area contributed by atoms with Crippen molar-refractivity contribution in [1.82, 2.24) is 4.41 Å². The van der Waals surface area contributed by atoms with E-state index in [0.29, 0.717) is 34.8 Å². The fraction of sp³-hybridized carbons (Fsp3) is 0.278. The second kappa shape index (κ2) is 6.95. The molecule has 0 amide bonds. The van der Waals surface area contributed by atoms with Crippen LogP contribution in [0.15, 0.2) is 47.6 Å². The maximum absolute atomic E-state index is 13.2. The molecule has 138 valence electrons. The summed E-state index contributed by atoms with van der Waals surface area (Å²) >= 11 is 0. The van der Waals surface area contributed by atoms with Gasteiger partial charge in [0.1, 0.15) is 17.3 Å². The highest BCUT2D eigenvalue weighted by Gasteiger charge is 2.35. The van der Waals surface area contributed by atoms with Crippen molar-refractivity contribution in [2.45, 2.75) is 12.5 Å². The van der Waals surface area contributed by atoms with E-state index < -0.39 is 16.1 Å². The predicted octanol–water partition coefficient (Wildman–Crippen LogP) is 2.95. The lowest BCUT2D eigenvalue weighted by Gasteiger charge is -2.22. The average molecular weight is 378 g/mol. The molecule has 26 heavy (non-hydrogen) atoms. The van der Waals surface area contributed by atoms with E-state index in [2.05, 4.69) is 5.10 Å². The molecule has 0 aliphatic carbocycles. The van der Waals surface area contributed by atoms with Crippen molar-refractivity contribution in [3.63, 3.8) is 0 Å². The molecular weight excluding hydrogens is 359 g/mol. The lowest BCUT2D eigenvalue weighted by molar-refractivity contribution is 0.364. The van der Waals surface area contributed by atoms with Gasteiger partial charge in [-0.3, -0.25) is 0 Å². The lowest BCUT2D eigenvalue weighted by Crippen LogP contribution is -2.26. The van der Waals surface area contributed by atoms with E-state index in [1.807, 2.05) is 0 Å². The monoisotopic (exact) mass is 378 g/mol. The number of sulfonamides is 1. The van der Waals surface area contributed by atoms with Gasteiger partial charge in [-0.25, -0.2) is 12.8 Å². The summed E-state index contributed by atoms with van der Waals surface area (Å²) in [6.45, 7) is 0. The van der Waals surface area contributed by atoms with Crippen LogP contribution in [-0.2, 0) is 10.0 Å². The molecule has 0 aromatic heterocycles. The maximum atomic E-state index is 13.2. The van der Waals surface area contributed by atoms with Gasteiger partial charge in [0.15, 0.2) is 0 Å². The molecule has 1 aliphatic rings. The van der Waals surface area contributed by atoms with Crippen LogP contribution in [0, 0.1) is 5.82 Å². The fourth-order valence-electron chi connectivity index (χ4n) is 2.88. The summed E-state index contributed by atoms with van der Waals surface area (Å²) in [5.41, 5.74) is 1.95. The Morgan fingerprint density at radius 3 is 2.15 bits per heavy atom. The molecule has 0 saturated heterocycles. The molecule has 1 aliphatic heterocycles. The molecular formula is C18H19FN2O4S. The summed E-state index contributed by atoms with van der Waals surface area (Å²) in [4.78, 5) is 0. The maximum Gasteiger partial charge on any atom is 0.247 e. The first-order valence-electron chi connectivity index (χ1n) is 7.87. The highest BCUT2D eigenvalue weighted by Crippen LogP contribution is 2.37. The van der Waals surface area contributed by atoms with Crippen LogP contribution >= 0.6 is 0 Å². The molecule has 6 nitrogen and oxygen atoms in total. The zero-order valence-corrected chi connectivity index (χ0v) is 15.5. The molecule has 0 radical (unpaired) electrons. The minimum Gasteiger partial charge on any atom is -0.497 e. The zero-order chi connectivity index (χ0) is 18.9. The van der Waals surface area contributed by atoms with E-state index in [-0.39, 0.29) is 5.82 Å². The van der Waals surface area contributed by atoms with Crippen molar-refractivity contribution in [3.8, 4) is 11.5 Å². The molecule has 3 rings (SSSR count). The third kappa shape index (κ3) is 3.65. The lowest BCUT2D eigenvalue weighted by atomic mass is 9.98. The number of nitrogens with zero attached hydrogens (tertiary/aromatic N) is 2. The third-order valence-electron chi connectivity index (χ3n) is 4.15. The largest absolute Gasteiger partial charge is 0.497 e. The Morgan fingerprint density at radius 2 is 1.65 bits per heavy atom. The summed E-state index contributed by atoms with van der Waals surface area (Å²) in [6.07, 6.45) is 1.46. The Morgan fingerprint density at radius 1 is 1.08 bits per heavy atom. The first-order chi connectivity index (χ1) is 12.3. The molecule has 0 unspecified atom stereocenters. The quantitative estimate of drug-likeness (QED) is 0.802. The number of halogens is 1. The minimum atomic E-state index is -3.60. The second-order valence-electron chi connectivity index (χ2n) is 5.96. The van der Waals surface area contributed by atoms with Gasteiger partial charge in [0.2, 0.25) is 10.0 Å². The van der Waals surface area contributed by atoms with Crippen LogP contribution < -0.4 is 9.47 Å². The summed E-state index contributed by atoms with van der Waals surface area (Å²) in [7, 11) is -0.538. The molecule has 2 aromatic carbocycles. The van der Waals surface area contributed by atoms with Crippen LogP contribution in [0.25, 0.3) is 0 Å². The topological polar surface area (TPSA) is 68.2 Å². The number of rotatable bonds is 5. The van der Waals surface area contributed by atoms with Crippen molar-refractivity contribution >= 4 is 15.7 Å². The first-order valence-corrected chi connectivity index (χ1v) is 9.72. The Kier molecular flexibility index (Phi) is 4.86. The summed E-state index contributed by atoms with van der Waals surface area (Å²) in [6, 6.07) is 10.5. The molecule has 0 bridgehead atoms. The first kappa shape index (κ1) is 18.2. The van der Waals surface area contributed by atoms with Crippen LogP contribution in [0.4, 0.5) is 4.39 Å². The van der Waals surface area contributed by atoms with Gasteiger partial charge in [-0.1, -0.05) is 12.1 Å². The van der Waals surface area contributed by atoms with Gasteiger partial charge >= 0.3 is 0 Å². The highest BCUT2D eigenvalue weighted by molar-refractivity contribution is 7.88. The smallest absolute Gasteiger partial charge is 0.247 e. The van der Waals surface area contributed by atoms with Gasteiger partial charge in [-0.05, 0) is 35.4 Å². The zero-order valence-electron chi connectivity index (χ0n) is 14.6. The molecule has 8 heteroatoms. The Labute approximate surface area is 151 Å². The summed E-state index contributed by atoms with van der Waals surface area (Å²) in [5.74, 6) is 0.757. The second-order valence-corrected chi connectivity index (χ2v) is 7.80. The van der Waals surface area contributed by atoms with Crippen LogP contribution in [0.5, 0.6) is 11.5 Å². The number of hydrogen-bond donors (Lipinski definition) is 0. The van der Waals surface area contributed by atoms with Gasteiger partial charge in [0.05, 0.1) is 32.2 Å². The van der Waals surface area contributed by atoms with Gasteiger partial charge in [-0.15, -0.1) is 0 Å². The van der Waals surface area contributed by atoms with Crippen molar-refractivity contribution in [3.05, 3.63) is 59.4 Å². The van der Waals surface area contributed by atoms with Crippen molar-refractivity contribution in [1.29, 1.82) is 0 Å². The van der Waals surface area contributed by atoms with Gasteiger partial charge in [0, 0.05) is 12.5 Å². The Bertz CT molecular complexity index is 920. The van der Waals surface area contributed by atoms with Crippen LogP contribution in [0.3, 0.4) is 0 Å². The normalized spacial score (nSPS) is 17.2. The van der Waals surface area contributed by atoms with Crippen molar-refractivity contribution < 1.29 is 22.3 Å². The Hall–Kier alpha value is -2.61. The number of ether oxygens (including phenoxy) is 2. The van der Waals surface area contributed by atoms with Crippen molar-refractivity contribution in [2.75, 3.05) is 20.5 Å². The summed E-state index contributed by atoms with van der Waals surface area (Å²) in [5, 5.41) is 4.29. The summed E-state index contributed by atoms with van der Waals surface area (Å²) < 4.78 is 49.3. The SMILES string of the molecule is COc1cc(OC)cc([C@@H]2CC(c3ccc(F)cc3)=NN2S(C)(=O)=O)c1. The number of benzene rings is 2. The number of hydrazone groups is 1. The van der Waals surface area contributed by atoms with Crippen molar-refractivity contribution in [2.24, 2.45) is 5.10 Å². The number of methoxy groups -OCH3 is 2. The minimum absolute atomic E-state index is 0.356. The Balaban J connectivity index is 2.03. The van der Waals surface area contributed by atoms with E-state index in [4.69, 9.17) is 9.47 Å². The van der Waals surface area contributed by atoms with Gasteiger partial charge in [-0.2, -0.15) is 9.52 Å². The average Bonchev–Trinajstić information content (AvgIpc) is 3.07. The van der Waals surface area contributed by atoms with Crippen LogP contribution in [0.2, 0.25) is 0 Å². The molecule has 0 spiro atoms. The molecule has 1 heterocycles. The third-order valence-corrected chi connectivity index (χ3v) is 5.16. The van der Waals surface area contributed by atoms with E-state index in [1.54, 1.807) is 30.3 Å².